The summed E-state index contributed by atoms with van der Waals surface area (Å²) in [5.74, 6) is -1.16. The Bertz CT molecular complexity index is 1680. The fourth-order valence-corrected chi connectivity index (χ4v) is 5.45. The molecule has 2 aromatic heterocycles. The molecule has 0 aliphatic carbocycles. The van der Waals surface area contributed by atoms with Crippen LogP contribution in [-0.2, 0) is 6.54 Å². The predicted octanol–water partition coefficient (Wildman–Crippen LogP) is 7.47. The first kappa shape index (κ1) is 25.6. The molecule has 8 heteroatoms. The maximum absolute atomic E-state index is 14.5. The predicted molar refractivity (Wildman–Crippen MR) is 153 cm³/mol. The number of rotatable bonds is 5. The second-order valence-corrected chi connectivity index (χ2v) is 10.7. The minimum absolute atomic E-state index is 0.169. The molecule has 39 heavy (non-hydrogen) atoms. The number of fused-ring (bicyclic) bond motifs is 2. The molecule has 5 aromatic rings. The van der Waals surface area contributed by atoms with Gasteiger partial charge in [0, 0.05) is 52.7 Å². The lowest BCUT2D eigenvalue weighted by Crippen LogP contribution is -2.39. The van der Waals surface area contributed by atoms with Crippen molar-refractivity contribution in [3.05, 3.63) is 94.3 Å². The van der Waals surface area contributed by atoms with Gasteiger partial charge in [-0.1, -0.05) is 29.8 Å². The molecule has 1 aliphatic rings. The topological polar surface area (TPSA) is 53.9 Å². The first-order chi connectivity index (χ1) is 18.8. The van der Waals surface area contributed by atoms with Crippen LogP contribution in [0.3, 0.4) is 0 Å². The largest absolute Gasteiger partial charge is 0.351 e. The van der Waals surface area contributed by atoms with E-state index in [1.165, 1.54) is 11.6 Å². The van der Waals surface area contributed by atoms with Crippen LogP contribution in [0.15, 0.2) is 60.7 Å². The van der Waals surface area contributed by atoms with Gasteiger partial charge < -0.3 is 5.32 Å². The Balaban J connectivity index is 1.20. The zero-order valence-corrected chi connectivity index (χ0v) is 22.6. The molecule has 6 rings (SSSR count). The first-order valence-corrected chi connectivity index (χ1v) is 13.5. The fraction of sp³-hybridized carbons (Fsp3) is 0.258. The van der Waals surface area contributed by atoms with Gasteiger partial charge in [-0.25, -0.2) is 18.7 Å². The summed E-state index contributed by atoms with van der Waals surface area (Å²) in [7, 11) is 0. The van der Waals surface area contributed by atoms with Gasteiger partial charge in [0.2, 0.25) is 5.95 Å². The number of halogens is 3. The molecule has 0 atom stereocenters. The summed E-state index contributed by atoms with van der Waals surface area (Å²) in [6.45, 7) is 6.68. The van der Waals surface area contributed by atoms with Crippen molar-refractivity contribution in [2.75, 3.05) is 18.4 Å². The molecule has 5 nitrogen and oxygen atoms in total. The van der Waals surface area contributed by atoms with Crippen LogP contribution in [0.25, 0.3) is 32.9 Å². The third-order valence-corrected chi connectivity index (χ3v) is 7.70. The van der Waals surface area contributed by atoms with E-state index >= 15 is 0 Å². The van der Waals surface area contributed by atoms with Gasteiger partial charge in [0.15, 0.2) is 11.6 Å². The molecule has 0 radical (unpaired) electrons. The van der Waals surface area contributed by atoms with E-state index in [1.54, 1.807) is 12.1 Å². The molecule has 1 aliphatic heterocycles. The molecule has 3 aromatic carbocycles. The molecule has 0 amide bonds. The molecule has 0 saturated carbocycles. The van der Waals surface area contributed by atoms with E-state index in [-0.39, 0.29) is 5.39 Å². The van der Waals surface area contributed by atoms with Crippen LogP contribution in [0, 0.1) is 25.5 Å². The average Bonchev–Trinajstić information content (AvgIpc) is 2.93. The summed E-state index contributed by atoms with van der Waals surface area (Å²) in [5.41, 5.74) is 5.34. The summed E-state index contributed by atoms with van der Waals surface area (Å²) in [5, 5.41) is 5.32. The highest BCUT2D eigenvalue weighted by Gasteiger charge is 2.21. The Morgan fingerprint density at radius 1 is 0.897 bits per heavy atom. The molecule has 0 spiro atoms. The zero-order chi connectivity index (χ0) is 27.1. The minimum Gasteiger partial charge on any atom is -0.351 e. The van der Waals surface area contributed by atoms with E-state index in [1.807, 2.05) is 44.2 Å². The Morgan fingerprint density at radius 2 is 1.67 bits per heavy atom. The molecular formula is C31H28ClF2N5. The van der Waals surface area contributed by atoms with Crippen LogP contribution < -0.4 is 5.32 Å². The number of hydrogen-bond donors (Lipinski definition) is 1. The maximum atomic E-state index is 14.5. The van der Waals surface area contributed by atoms with Gasteiger partial charge in [-0.15, -0.1) is 0 Å². The van der Waals surface area contributed by atoms with Crippen LogP contribution >= 0.6 is 11.6 Å². The number of aromatic nitrogens is 3. The van der Waals surface area contributed by atoms with Gasteiger partial charge in [0.25, 0.3) is 0 Å². The highest BCUT2D eigenvalue weighted by atomic mass is 35.5. The third kappa shape index (κ3) is 5.29. The average molecular weight is 544 g/mol. The monoisotopic (exact) mass is 543 g/mol. The molecule has 1 N–H and O–H groups in total. The van der Waals surface area contributed by atoms with E-state index in [0.717, 1.165) is 65.4 Å². The second-order valence-electron chi connectivity index (χ2n) is 10.3. The lowest BCUT2D eigenvalue weighted by molar-refractivity contribution is 0.211. The quantitative estimate of drug-likeness (QED) is 0.249. The number of anilines is 1. The molecule has 0 bridgehead atoms. The number of nitrogens with zero attached hydrogens (tertiary/aromatic N) is 4. The third-order valence-electron chi connectivity index (χ3n) is 7.44. The maximum Gasteiger partial charge on any atom is 0.223 e. The summed E-state index contributed by atoms with van der Waals surface area (Å²) in [6.07, 6.45) is 2.01. The van der Waals surface area contributed by atoms with E-state index < -0.39 is 11.6 Å². The minimum atomic E-state index is -0.894. The fourth-order valence-electron chi connectivity index (χ4n) is 5.33. The summed E-state index contributed by atoms with van der Waals surface area (Å²) < 4.78 is 28.9. The number of aryl methyl sites for hydroxylation is 2. The second kappa shape index (κ2) is 10.5. The van der Waals surface area contributed by atoms with Crippen LogP contribution in [0.4, 0.5) is 14.7 Å². The summed E-state index contributed by atoms with van der Waals surface area (Å²) >= 11 is 6.01. The standard InChI is InChI=1S/C31H28ClF2N5/c1-18-3-9-24-29(34)27(33)16-26(30(24)35-18)21-6-10-28-25(15-21)19(2)36-31(38-28)37-23-11-13-39(14-12-23)17-20-4-7-22(32)8-5-20/h3-10,15-16,23H,11-14,17H2,1-2H3,(H,36,37,38). The van der Waals surface area contributed by atoms with Crippen LogP contribution in [0.5, 0.6) is 0 Å². The highest BCUT2D eigenvalue weighted by Crippen LogP contribution is 2.33. The van der Waals surface area contributed by atoms with Crippen molar-refractivity contribution in [3.63, 3.8) is 0 Å². The first-order valence-electron chi connectivity index (χ1n) is 13.1. The lowest BCUT2D eigenvalue weighted by Gasteiger charge is -2.32. The molecule has 1 fully saturated rings. The van der Waals surface area contributed by atoms with Crippen molar-refractivity contribution in [2.45, 2.75) is 39.3 Å². The Hall–Kier alpha value is -3.68. The van der Waals surface area contributed by atoms with E-state index in [4.69, 9.17) is 21.6 Å². The Morgan fingerprint density at radius 3 is 2.44 bits per heavy atom. The van der Waals surface area contributed by atoms with Gasteiger partial charge in [-0.3, -0.25) is 9.88 Å². The molecular weight excluding hydrogens is 516 g/mol. The number of benzene rings is 3. The van der Waals surface area contributed by atoms with E-state index in [2.05, 4.69) is 27.3 Å². The van der Waals surface area contributed by atoms with Gasteiger partial charge in [0.1, 0.15) is 0 Å². The van der Waals surface area contributed by atoms with Gasteiger partial charge in [0.05, 0.1) is 16.7 Å². The molecule has 3 heterocycles. The number of likely N-dealkylation sites (tertiary alicyclic amines) is 1. The number of hydrogen-bond acceptors (Lipinski definition) is 5. The van der Waals surface area contributed by atoms with Crippen molar-refractivity contribution in [1.29, 1.82) is 0 Å². The normalized spacial score (nSPS) is 14.8. The van der Waals surface area contributed by atoms with Gasteiger partial charge in [-0.05, 0) is 80.3 Å². The molecule has 198 valence electrons. The Labute approximate surface area is 230 Å². The van der Waals surface area contributed by atoms with Crippen LogP contribution in [0.2, 0.25) is 5.02 Å². The zero-order valence-electron chi connectivity index (χ0n) is 21.8. The van der Waals surface area contributed by atoms with Crippen LogP contribution in [-0.4, -0.2) is 39.0 Å². The number of piperidine rings is 1. The molecule has 0 unspecified atom stereocenters. The van der Waals surface area contributed by atoms with Crippen molar-refractivity contribution < 1.29 is 8.78 Å². The number of nitrogens with one attached hydrogen (secondary N) is 1. The van der Waals surface area contributed by atoms with Crippen molar-refractivity contribution >= 4 is 39.4 Å². The van der Waals surface area contributed by atoms with E-state index in [9.17, 15) is 8.78 Å². The summed E-state index contributed by atoms with van der Waals surface area (Å²) in [6, 6.07) is 18.5. The Kier molecular flexibility index (Phi) is 6.87. The summed E-state index contributed by atoms with van der Waals surface area (Å²) in [4.78, 5) is 16.5. The van der Waals surface area contributed by atoms with Crippen molar-refractivity contribution in [3.8, 4) is 11.1 Å². The lowest BCUT2D eigenvalue weighted by atomic mass is 9.99. The number of pyridine rings is 1. The van der Waals surface area contributed by atoms with E-state index in [0.29, 0.717) is 23.1 Å². The van der Waals surface area contributed by atoms with Crippen molar-refractivity contribution in [2.24, 2.45) is 0 Å². The molecule has 1 saturated heterocycles. The highest BCUT2D eigenvalue weighted by molar-refractivity contribution is 6.30. The van der Waals surface area contributed by atoms with Gasteiger partial charge in [-0.2, -0.15) is 0 Å². The smallest absolute Gasteiger partial charge is 0.223 e. The van der Waals surface area contributed by atoms with Gasteiger partial charge >= 0.3 is 0 Å². The SMILES string of the molecule is Cc1ccc2c(F)c(F)cc(-c3ccc4nc(NC5CCN(Cc6ccc(Cl)cc6)CC5)nc(C)c4c3)c2n1. The van der Waals surface area contributed by atoms with Crippen molar-refractivity contribution in [1.82, 2.24) is 19.9 Å². The van der Waals surface area contributed by atoms with Crippen LogP contribution in [0.1, 0.15) is 29.8 Å².